The minimum Gasteiger partial charge on any atom is -0.363 e. The average Bonchev–Trinajstić information content (AvgIpc) is 2.87. The van der Waals surface area contributed by atoms with Crippen LogP contribution in [-0.2, 0) is 0 Å². The number of nitrogens with zero attached hydrogens (tertiary/aromatic N) is 3. The summed E-state index contributed by atoms with van der Waals surface area (Å²) in [6.45, 7) is 1.93. The average molecular weight is 255 g/mol. The minimum absolute atomic E-state index is 0.284. The van der Waals surface area contributed by atoms with Gasteiger partial charge in [0.25, 0.3) is 5.91 Å². The van der Waals surface area contributed by atoms with E-state index < -0.39 is 0 Å². The van der Waals surface area contributed by atoms with Crippen LogP contribution in [0.25, 0.3) is 0 Å². The molecule has 0 atom stereocenters. The van der Waals surface area contributed by atoms with Gasteiger partial charge in [-0.3, -0.25) is 10.1 Å². The molecular weight excluding hydrogens is 246 g/mol. The van der Waals surface area contributed by atoms with Crippen molar-refractivity contribution in [2.24, 2.45) is 0 Å². The monoisotopic (exact) mass is 255 g/mol. The number of carbonyl (C=O) groups is 1. The van der Waals surface area contributed by atoms with E-state index in [2.05, 4.69) is 25.8 Å². The molecule has 8 heteroatoms. The van der Waals surface area contributed by atoms with Gasteiger partial charge in [0.1, 0.15) is 0 Å². The summed E-state index contributed by atoms with van der Waals surface area (Å²) in [5.41, 5.74) is 0. The zero-order chi connectivity index (χ0) is 11.5. The van der Waals surface area contributed by atoms with Gasteiger partial charge in [-0.15, -0.1) is 21.5 Å². The van der Waals surface area contributed by atoms with Gasteiger partial charge in [-0.25, -0.2) is 4.98 Å². The standard InChI is InChI=1S/C8H9N5OS2/c1-4-3-10-8(15-4)11-5(14)6-12-13-7(9-2)16-6/h3H,1-2H3,(H,9,13)(H,10,11,14). The van der Waals surface area contributed by atoms with Crippen LogP contribution in [0.15, 0.2) is 6.20 Å². The number of nitrogens with one attached hydrogen (secondary N) is 2. The number of anilines is 2. The van der Waals surface area contributed by atoms with Crippen molar-refractivity contribution in [1.29, 1.82) is 0 Å². The molecule has 0 bridgehead atoms. The van der Waals surface area contributed by atoms with Gasteiger partial charge < -0.3 is 5.32 Å². The predicted molar refractivity (Wildman–Crippen MR) is 64.3 cm³/mol. The molecule has 0 spiro atoms. The number of hydrogen-bond acceptors (Lipinski definition) is 7. The van der Waals surface area contributed by atoms with E-state index in [9.17, 15) is 4.79 Å². The lowest BCUT2D eigenvalue weighted by Crippen LogP contribution is -2.11. The van der Waals surface area contributed by atoms with Crippen LogP contribution in [0.1, 0.15) is 14.7 Å². The van der Waals surface area contributed by atoms with Crippen molar-refractivity contribution in [1.82, 2.24) is 15.2 Å². The Morgan fingerprint density at radius 1 is 1.31 bits per heavy atom. The van der Waals surface area contributed by atoms with Gasteiger partial charge in [0.05, 0.1) is 0 Å². The van der Waals surface area contributed by atoms with Crippen molar-refractivity contribution in [3.05, 3.63) is 16.1 Å². The van der Waals surface area contributed by atoms with Crippen LogP contribution in [0.5, 0.6) is 0 Å². The van der Waals surface area contributed by atoms with Crippen molar-refractivity contribution in [3.63, 3.8) is 0 Å². The van der Waals surface area contributed by atoms with Gasteiger partial charge in [0.2, 0.25) is 10.1 Å². The fourth-order valence-electron chi connectivity index (χ4n) is 0.979. The molecular formula is C8H9N5OS2. The quantitative estimate of drug-likeness (QED) is 0.870. The number of hydrogen-bond donors (Lipinski definition) is 2. The maximum absolute atomic E-state index is 11.7. The highest BCUT2D eigenvalue weighted by atomic mass is 32.1. The van der Waals surface area contributed by atoms with E-state index in [0.717, 1.165) is 4.88 Å². The first-order valence-electron chi connectivity index (χ1n) is 4.44. The molecule has 0 aliphatic rings. The molecule has 2 N–H and O–H groups in total. The highest BCUT2D eigenvalue weighted by Gasteiger charge is 2.13. The summed E-state index contributed by atoms with van der Waals surface area (Å²) < 4.78 is 0. The normalized spacial score (nSPS) is 10.1. The molecule has 84 valence electrons. The van der Waals surface area contributed by atoms with Crippen LogP contribution in [0, 0.1) is 6.92 Å². The molecule has 2 aromatic rings. The lowest BCUT2D eigenvalue weighted by atomic mass is 10.6. The van der Waals surface area contributed by atoms with Crippen molar-refractivity contribution >= 4 is 38.8 Å². The smallest absolute Gasteiger partial charge is 0.288 e. The van der Waals surface area contributed by atoms with Crippen molar-refractivity contribution in [3.8, 4) is 0 Å². The van der Waals surface area contributed by atoms with Crippen molar-refractivity contribution in [2.45, 2.75) is 6.92 Å². The Morgan fingerprint density at radius 2 is 2.12 bits per heavy atom. The fourth-order valence-corrected chi connectivity index (χ4v) is 2.23. The van der Waals surface area contributed by atoms with E-state index in [1.165, 1.54) is 22.7 Å². The van der Waals surface area contributed by atoms with Crippen molar-refractivity contribution in [2.75, 3.05) is 17.7 Å². The Bertz CT molecular complexity index is 506. The molecule has 16 heavy (non-hydrogen) atoms. The van der Waals surface area contributed by atoms with E-state index in [4.69, 9.17) is 0 Å². The SMILES string of the molecule is CNc1nnc(C(=O)Nc2ncc(C)s2)s1. The number of thiazole rings is 1. The molecule has 2 rings (SSSR count). The molecule has 0 saturated heterocycles. The van der Waals surface area contributed by atoms with Crippen LogP contribution < -0.4 is 10.6 Å². The number of carbonyl (C=O) groups excluding carboxylic acids is 1. The molecule has 0 aromatic carbocycles. The Morgan fingerprint density at radius 3 is 2.69 bits per heavy atom. The summed E-state index contributed by atoms with van der Waals surface area (Å²) >= 11 is 2.62. The Hall–Kier alpha value is -1.54. The van der Waals surface area contributed by atoms with Crippen LogP contribution >= 0.6 is 22.7 Å². The van der Waals surface area contributed by atoms with Crippen LogP contribution in [0.3, 0.4) is 0 Å². The summed E-state index contributed by atoms with van der Waals surface area (Å²) in [5.74, 6) is -0.284. The molecule has 0 aliphatic heterocycles. The number of aryl methyl sites for hydroxylation is 1. The zero-order valence-corrected chi connectivity index (χ0v) is 10.3. The summed E-state index contributed by atoms with van der Waals surface area (Å²) in [5, 5.41) is 14.5. The lowest BCUT2D eigenvalue weighted by Gasteiger charge is -1.95. The van der Waals surface area contributed by atoms with E-state index >= 15 is 0 Å². The number of amides is 1. The molecule has 2 aromatic heterocycles. The lowest BCUT2D eigenvalue weighted by molar-refractivity contribution is 0.102. The first-order chi connectivity index (χ1) is 7.69. The third kappa shape index (κ3) is 2.34. The van der Waals surface area contributed by atoms with E-state index in [1.807, 2.05) is 6.92 Å². The van der Waals surface area contributed by atoms with Crippen LogP contribution in [-0.4, -0.2) is 28.1 Å². The summed E-state index contributed by atoms with van der Waals surface area (Å²) in [4.78, 5) is 16.8. The predicted octanol–water partition coefficient (Wildman–Crippen LogP) is 1.60. The van der Waals surface area contributed by atoms with E-state index in [0.29, 0.717) is 15.3 Å². The summed E-state index contributed by atoms with van der Waals surface area (Å²) in [7, 11) is 1.73. The fraction of sp³-hybridized carbons (Fsp3) is 0.250. The van der Waals surface area contributed by atoms with Gasteiger partial charge in [-0.05, 0) is 6.92 Å². The van der Waals surface area contributed by atoms with Crippen LogP contribution in [0.2, 0.25) is 0 Å². The second kappa shape index (κ2) is 4.54. The van der Waals surface area contributed by atoms with Gasteiger partial charge >= 0.3 is 0 Å². The van der Waals surface area contributed by atoms with Gasteiger partial charge in [0.15, 0.2) is 5.13 Å². The van der Waals surface area contributed by atoms with Gasteiger partial charge in [-0.1, -0.05) is 11.3 Å². The highest BCUT2D eigenvalue weighted by Crippen LogP contribution is 2.19. The highest BCUT2D eigenvalue weighted by molar-refractivity contribution is 7.17. The molecule has 2 heterocycles. The molecule has 0 saturated carbocycles. The Labute approximate surface area is 99.8 Å². The van der Waals surface area contributed by atoms with Gasteiger partial charge in [-0.2, -0.15) is 0 Å². The minimum atomic E-state index is -0.284. The maximum Gasteiger partial charge on any atom is 0.288 e. The largest absolute Gasteiger partial charge is 0.363 e. The topological polar surface area (TPSA) is 79.8 Å². The Kier molecular flexibility index (Phi) is 3.11. The van der Waals surface area contributed by atoms with Gasteiger partial charge in [0, 0.05) is 18.1 Å². The molecule has 0 unspecified atom stereocenters. The van der Waals surface area contributed by atoms with E-state index in [-0.39, 0.29) is 5.91 Å². The first-order valence-corrected chi connectivity index (χ1v) is 6.07. The maximum atomic E-state index is 11.7. The second-order valence-corrected chi connectivity index (χ2v) is 5.10. The zero-order valence-electron chi connectivity index (χ0n) is 8.64. The molecule has 0 radical (unpaired) electrons. The van der Waals surface area contributed by atoms with Crippen molar-refractivity contribution < 1.29 is 4.79 Å². The molecule has 0 aliphatic carbocycles. The third-order valence-corrected chi connectivity index (χ3v) is 3.44. The first kappa shape index (κ1) is 11.0. The third-order valence-electron chi connectivity index (χ3n) is 1.67. The molecule has 1 amide bonds. The van der Waals surface area contributed by atoms with E-state index in [1.54, 1.807) is 13.2 Å². The number of rotatable bonds is 3. The summed E-state index contributed by atoms with van der Waals surface area (Å²) in [6, 6.07) is 0. The van der Waals surface area contributed by atoms with Crippen LogP contribution in [0.4, 0.5) is 10.3 Å². The second-order valence-electron chi connectivity index (χ2n) is 2.89. The Balaban J connectivity index is 2.08. The molecule has 0 fully saturated rings. The summed E-state index contributed by atoms with van der Waals surface area (Å²) in [6.07, 6.45) is 1.71. The number of aromatic nitrogens is 3. The molecule has 6 nitrogen and oxygen atoms in total.